The zero-order chi connectivity index (χ0) is 13.2. The predicted octanol–water partition coefficient (Wildman–Crippen LogP) is -0.302. The molecule has 0 aliphatic carbocycles. The molecule has 1 atom stereocenters. The summed E-state index contributed by atoms with van der Waals surface area (Å²) >= 11 is 0. The molecule has 1 aliphatic rings. The van der Waals surface area contributed by atoms with Crippen molar-refractivity contribution in [1.82, 2.24) is 10.3 Å². The van der Waals surface area contributed by atoms with E-state index in [2.05, 4.69) is 15.6 Å². The Labute approximate surface area is 105 Å². The number of rotatable bonds is 3. The highest BCUT2D eigenvalue weighted by molar-refractivity contribution is 7.91. The van der Waals surface area contributed by atoms with Crippen molar-refractivity contribution in [3.63, 3.8) is 0 Å². The van der Waals surface area contributed by atoms with Crippen LogP contribution >= 0.6 is 0 Å². The molecule has 0 aromatic carbocycles. The van der Waals surface area contributed by atoms with Gasteiger partial charge in [0.1, 0.15) is 6.26 Å². The zero-order valence-corrected chi connectivity index (χ0v) is 10.8. The largest absolute Gasteiger partial charge is 0.432 e. The van der Waals surface area contributed by atoms with Gasteiger partial charge in [-0.2, -0.15) is 4.98 Å². The van der Waals surface area contributed by atoms with Crippen molar-refractivity contribution in [2.24, 2.45) is 0 Å². The summed E-state index contributed by atoms with van der Waals surface area (Å²) in [6.07, 6.45) is 1.51. The lowest BCUT2D eigenvalue weighted by atomic mass is 10.2. The molecule has 2 heterocycles. The van der Waals surface area contributed by atoms with Crippen molar-refractivity contribution in [1.29, 1.82) is 0 Å². The summed E-state index contributed by atoms with van der Waals surface area (Å²) in [6, 6.07) is -0.212. The summed E-state index contributed by atoms with van der Waals surface area (Å²) in [6.45, 7) is 2.13. The van der Waals surface area contributed by atoms with Gasteiger partial charge in [0.25, 0.3) is 0 Å². The number of aromatic nitrogens is 1. The fraction of sp³-hybridized carbons (Fsp3) is 0.600. The van der Waals surface area contributed by atoms with Crippen LogP contribution in [0.25, 0.3) is 0 Å². The van der Waals surface area contributed by atoms with E-state index in [0.717, 1.165) is 0 Å². The number of hydrogen-bond acceptors (Lipinski definition) is 6. The van der Waals surface area contributed by atoms with E-state index in [9.17, 15) is 13.2 Å². The Morgan fingerprint density at radius 3 is 3.06 bits per heavy atom. The number of carbonyl (C=O) groups excluding carboxylic acids is 1. The molecule has 0 spiro atoms. The number of nitrogens with one attached hydrogen (secondary N) is 2. The summed E-state index contributed by atoms with van der Waals surface area (Å²) in [5, 5.41) is 5.49. The van der Waals surface area contributed by atoms with Gasteiger partial charge in [0.2, 0.25) is 5.91 Å². The lowest BCUT2D eigenvalue weighted by Gasteiger charge is -2.22. The maximum Gasteiger partial charge on any atom is 0.301 e. The van der Waals surface area contributed by atoms with Crippen LogP contribution in [0.15, 0.2) is 10.7 Å². The normalized spacial score (nSPS) is 22.6. The highest BCUT2D eigenvalue weighted by atomic mass is 32.2. The molecule has 0 bridgehead atoms. The van der Waals surface area contributed by atoms with Gasteiger partial charge in [0, 0.05) is 19.0 Å². The van der Waals surface area contributed by atoms with Gasteiger partial charge in [-0.05, 0) is 6.92 Å². The minimum absolute atomic E-state index is 0.00890. The molecule has 7 nitrogen and oxygen atoms in total. The van der Waals surface area contributed by atoms with E-state index < -0.39 is 9.84 Å². The van der Waals surface area contributed by atoms with Crippen molar-refractivity contribution in [3.05, 3.63) is 12.0 Å². The smallest absolute Gasteiger partial charge is 0.301 e. The SMILES string of the molecule is Cc1coc(NC(=O)CC2CS(=O)(=O)CCN2)n1. The third kappa shape index (κ3) is 3.54. The second-order valence-electron chi connectivity index (χ2n) is 4.31. The van der Waals surface area contributed by atoms with Crippen LogP contribution in [0.4, 0.5) is 6.01 Å². The van der Waals surface area contributed by atoms with E-state index in [1.54, 1.807) is 6.92 Å². The van der Waals surface area contributed by atoms with Crippen LogP contribution in [0.2, 0.25) is 0 Å². The molecule has 1 aliphatic heterocycles. The minimum Gasteiger partial charge on any atom is -0.432 e. The van der Waals surface area contributed by atoms with Crippen LogP contribution in [0.3, 0.4) is 0 Å². The Kier molecular flexibility index (Phi) is 3.67. The second kappa shape index (κ2) is 5.07. The zero-order valence-electron chi connectivity index (χ0n) is 9.97. The lowest BCUT2D eigenvalue weighted by molar-refractivity contribution is -0.116. The topological polar surface area (TPSA) is 101 Å². The number of sulfone groups is 1. The average Bonchev–Trinajstić information content (AvgIpc) is 2.62. The molecule has 2 rings (SSSR count). The predicted molar refractivity (Wildman–Crippen MR) is 64.9 cm³/mol. The average molecular weight is 273 g/mol. The van der Waals surface area contributed by atoms with E-state index in [4.69, 9.17) is 4.42 Å². The van der Waals surface area contributed by atoms with Crippen LogP contribution < -0.4 is 10.6 Å². The Morgan fingerprint density at radius 2 is 2.44 bits per heavy atom. The number of carbonyl (C=O) groups is 1. The number of nitrogens with zero attached hydrogens (tertiary/aromatic N) is 1. The van der Waals surface area contributed by atoms with Gasteiger partial charge in [-0.25, -0.2) is 8.42 Å². The molecular formula is C10H15N3O4S. The molecule has 100 valence electrons. The van der Waals surface area contributed by atoms with Gasteiger partial charge in [-0.15, -0.1) is 0 Å². The quantitative estimate of drug-likeness (QED) is 0.784. The standard InChI is InChI=1S/C10H15N3O4S/c1-7-5-17-10(12-7)13-9(14)4-8-6-18(15,16)3-2-11-8/h5,8,11H,2-4,6H2,1H3,(H,12,13,14). The van der Waals surface area contributed by atoms with Crippen LogP contribution in [0.5, 0.6) is 0 Å². The molecule has 1 fully saturated rings. The van der Waals surface area contributed by atoms with Gasteiger partial charge in [0.15, 0.2) is 9.84 Å². The molecule has 2 N–H and O–H groups in total. The number of amides is 1. The molecular weight excluding hydrogens is 258 g/mol. The van der Waals surface area contributed by atoms with Crippen LogP contribution in [0, 0.1) is 6.92 Å². The first-order valence-corrected chi connectivity index (χ1v) is 7.42. The highest BCUT2D eigenvalue weighted by Crippen LogP contribution is 2.09. The third-order valence-electron chi connectivity index (χ3n) is 2.60. The van der Waals surface area contributed by atoms with Crippen LogP contribution in [-0.4, -0.2) is 43.4 Å². The van der Waals surface area contributed by atoms with E-state index in [-0.39, 0.29) is 35.9 Å². The molecule has 18 heavy (non-hydrogen) atoms. The number of oxazole rings is 1. The van der Waals surface area contributed by atoms with E-state index in [1.807, 2.05) is 0 Å². The summed E-state index contributed by atoms with van der Waals surface area (Å²) in [5.74, 6) is -0.193. The first kappa shape index (κ1) is 13.0. The highest BCUT2D eigenvalue weighted by Gasteiger charge is 2.26. The van der Waals surface area contributed by atoms with Gasteiger partial charge >= 0.3 is 6.01 Å². The fourth-order valence-corrected chi connectivity index (χ4v) is 3.25. The molecule has 1 saturated heterocycles. The van der Waals surface area contributed by atoms with Crippen molar-refractivity contribution >= 4 is 21.8 Å². The number of anilines is 1. The van der Waals surface area contributed by atoms with E-state index in [1.165, 1.54) is 6.26 Å². The molecule has 1 amide bonds. The Bertz CT molecular complexity index is 537. The van der Waals surface area contributed by atoms with E-state index >= 15 is 0 Å². The van der Waals surface area contributed by atoms with Gasteiger partial charge in [-0.3, -0.25) is 10.1 Å². The maximum absolute atomic E-state index is 11.7. The molecule has 0 saturated carbocycles. The molecule has 1 aromatic rings. The van der Waals surface area contributed by atoms with Crippen LogP contribution in [0.1, 0.15) is 12.1 Å². The first-order chi connectivity index (χ1) is 8.44. The summed E-state index contributed by atoms with van der Waals surface area (Å²) in [5.41, 5.74) is 0.670. The summed E-state index contributed by atoms with van der Waals surface area (Å²) in [7, 11) is -3.03. The monoisotopic (exact) mass is 273 g/mol. The van der Waals surface area contributed by atoms with Crippen molar-refractivity contribution in [2.45, 2.75) is 19.4 Å². The maximum atomic E-state index is 11.7. The molecule has 8 heteroatoms. The summed E-state index contributed by atoms with van der Waals surface area (Å²) < 4.78 is 27.8. The lowest BCUT2D eigenvalue weighted by Crippen LogP contribution is -2.46. The van der Waals surface area contributed by atoms with Gasteiger partial charge in [0.05, 0.1) is 17.2 Å². The van der Waals surface area contributed by atoms with Crippen molar-refractivity contribution in [3.8, 4) is 0 Å². The molecule has 1 aromatic heterocycles. The van der Waals surface area contributed by atoms with Crippen molar-refractivity contribution in [2.75, 3.05) is 23.4 Å². The van der Waals surface area contributed by atoms with Crippen LogP contribution in [-0.2, 0) is 14.6 Å². The molecule has 0 radical (unpaired) electrons. The Hall–Kier alpha value is -1.41. The van der Waals surface area contributed by atoms with Gasteiger partial charge < -0.3 is 9.73 Å². The number of hydrogen-bond donors (Lipinski definition) is 2. The first-order valence-electron chi connectivity index (χ1n) is 5.60. The van der Waals surface area contributed by atoms with E-state index in [0.29, 0.717) is 12.2 Å². The molecule has 1 unspecified atom stereocenters. The summed E-state index contributed by atoms with van der Waals surface area (Å²) in [4.78, 5) is 15.6. The third-order valence-corrected chi connectivity index (χ3v) is 4.33. The Balaban J connectivity index is 1.88. The van der Waals surface area contributed by atoms with Gasteiger partial charge in [-0.1, -0.05) is 0 Å². The minimum atomic E-state index is -3.03. The second-order valence-corrected chi connectivity index (χ2v) is 6.54. The number of aryl methyl sites for hydroxylation is 1. The fourth-order valence-electron chi connectivity index (χ4n) is 1.80. The van der Waals surface area contributed by atoms with Crippen molar-refractivity contribution < 1.29 is 17.6 Å². The Morgan fingerprint density at radius 1 is 1.67 bits per heavy atom.